The van der Waals surface area contributed by atoms with E-state index in [0.717, 1.165) is 11.1 Å². The van der Waals surface area contributed by atoms with Crippen LogP contribution in [0, 0.1) is 6.92 Å². The third-order valence-corrected chi connectivity index (χ3v) is 5.54. The van der Waals surface area contributed by atoms with Crippen LogP contribution < -0.4 is 16.3 Å². The number of fused-ring (bicyclic) bond motifs is 1. The van der Waals surface area contributed by atoms with Crippen LogP contribution in [0.25, 0.3) is 22.3 Å². The summed E-state index contributed by atoms with van der Waals surface area (Å²) in [6.07, 6.45) is 1.63. The molecule has 1 unspecified atom stereocenters. The zero-order valence-corrected chi connectivity index (χ0v) is 18.8. The van der Waals surface area contributed by atoms with Crippen LogP contribution in [0.2, 0.25) is 0 Å². The standard InChI is InChI=1S/C26H24N2O5/c1-15-11-19(16(2)27-21-8-6-5-7-18(21)26(31)32-4)25-20(12-15)22(29)13-23(33-25)17-9-10-24(30)28(3)14-17/h5-14,16,27H,1-4H3. The number of hydrogen-bond acceptors (Lipinski definition) is 6. The maximum Gasteiger partial charge on any atom is 0.339 e. The lowest BCUT2D eigenvalue weighted by Crippen LogP contribution is -2.14. The van der Waals surface area contributed by atoms with E-state index in [1.807, 2.05) is 26.0 Å². The first-order valence-corrected chi connectivity index (χ1v) is 10.5. The highest BCUT2D eigenvalue weighted by molar-refractivity contribution is 5.95. The summed E-state index contributed by atoms with van der Waals surface area (Å²) in [6.45, 7) is 3.85. The van der Waals surface area contributed by atoms with Gasteiger partial charge in [0.25, 0.3) is 0 Å². The van der Waals surface area contributed by atoms with Crippen LogP contribution in [0.1, 0.15) is 34.5 Å². The van der Waals surface area contributed by atoms with Gasteiger partial charge in [-0.3, -0.25) is 9.59 Å². The van der Waals surface area contributed by atoms with Crippen LogP contribution in [-0.2, 0) is 11.8 Å². The molecule has 4 aromatic rings. The summed E-state index contributed by atoms with van der Waals surface area (Å²) in [7, 11) is 2.98. The van der Waals surface area contributed by atoms with Crippen LogP contribution >= 0.6 is 0 Å². The van der Waals surface area contributed by atoms with Crippen molar-refractivity contribution in [2.24, 2.45) is 7.05 Å². The Morgan fingerprint density at radius 3 is 2.58 bits per heavy atom. The van der Waals surface area contributed by atoms with E-state index in [9.17, 15) is 14.4 Å². The Labute approximate surface area is 190 Å². The van der Waals surface area contributed by atoms with E-state index < -0.39 is 5.97 Å². The zero-order chi connectivity index (χ0) is 23.7. The maximum atomic E-state index is 13.0. The number of pyridine rings is 1. The molecule has 7 heteroatoms. The Balaban J connectivity index is 1.84. The molecule has 2 aromatic heterocycles. The van der Waals surface area contributed by atoms with Gasteiger partial charge in [0.1, 0.15) is 11.3 Å². The van der Waals surface area contributed by atoms with Gasteiger partial charge < -0.3 is 19.0 Å². The van der Waals surface area contributed by atoms with Crippen molar-refractivity contribution < 1.29 is 13.9 Å². The Kier molecular flexibility index (Phi) is 5.87. The normalized spacial score (nSPS) is 11.9. The van der Waals surface area contributed by atoms with Gasteiger partial charge in [0.15, 0.2) is 5.43 Å². The molecule has 0 fully saturated rings. The van der Waals surface area contributed by atoms with E-state index >= 15 is 0 Å². The minimum absolute atomic E-state index is 0.153. The van der Waals surface area contributed by atoms with Gasteiger partial charge >= 0.3 is 5.97 Å². The first kappa shape index (κ1) is 22.1. The molecule has 2 heterocycles. The van der Waals surface area contributed by atoms with Crippen molar-refractivity contribution in [3.8, 4) is 11.3 Å². The molecule has 1 N–H and O–H groups in total. The van der Waals surface area contributed by atoms with Crippen molar-refractivity contribution in [3.05, 3.63) is 98.1 Å². The fourth-order valence-corrected chi connectivity index (χ4v) is 3.85. The minimum atomic E-state index is -0.442. The second-order valence-electron chi connectivity index (χ2n) is 7.98. The number of nitrogens with one attached hydrogen (secondary N) is 1. The fourth-order valence-electron chi connectivity index (χ4n) is 3.85. The molecular formula is C26H24N2O5. The lowest BCUT2D eigenvalue weighted by atomic mass is 10.00. The highest BCUT2D eigenvalue weighted by Crippen LogP contribution is 2.31. The summed E-state index contributed by atoms with van der Waals surface area (Å²) < 4.78 is 12.5. The van der Waals surface area contributed by atoms with E-state index in [-0.39, 0.29) is 17.0 Å². The summed E-state index contributed by atoms with van der Waals surface area (Å²) in [4.78, 5) is 36.9. The summed E-state index contributed by atoms with van der Waals surface area (Å²) in [5.41, 5.74) is 3.46. The number of carbonyl (C=O) groups is 1. The molecule has 0 aliphatic heterocycles. The first-order chi connectivity index (χ1) is 15.8. The number of anilines is 1. The Morgan fingerprint density at radius 2 is 1.85 bits per heavy atom. The molecule has 0 saturated carbocycles. The lowest BCUT2D eigenvalue weighted by Gasteiger charge is -2.19. The number of esters is 1. The van der Waals surface area contributed by atoms with Gasteiger partial charge in [0, 0.05) is 42.2 Å². The summed E-state index contributed by atoms with van der Waals surface area (Å²) in [6, 6.07) is 15.0. The highest BCUT2D eigenvalue weighted by Gasteiger charge is 2.19. The number of methoxy groups -OCH3 is 1. The third-order valence-electron chi connectivity index (χ3n) is 5.54. The van der Waals surface area contributed by atoms with Crippen LogP contribution in [0.5, 0.6) is 0 Å². The number of aromatic nitrogens is 1. The number of para-hydroxylation sites is 1. The number of rotatable bonds is 5. The van der Waals surface area contributed by atoms with Crippen molar-refractivity contribution in [3.63, 3.8) is 0 Å². The Hall–Kier alpha value is -4.13. The van der Waals surface area contributed by atoms with Crippen LogP contribution in [0.3, 0.4) is 0 Å². The number of aryl methyl sites for hydroxylation is 2. The summed E-state index contributed by atoms with van der Waals surface area (Å²) in [5.74, 6) is -0.0710. The summed E-state index contributed by atoms with van der Waals surface area (Å²) >= 11 is 0. The van der Waals surface area contributed by atoms with Crippen LogP contribution in [0.4, 0.5) is 5.69 Å². The number of benzene rings is 2. The third kappa shape index (κ3) is 4.30. The molecule has 0 bridgehead atoms. The molecule has 0 spiro atoms. The molecule has 0 saturated heterocycles. The monoisotopic (exact) mass is 444 g/mol. The minimum Gasteiger partial charge on any atom is -0.465 e. The van der Waals surface area contributed by atoms with Gasteiger partial charge in [-0.05, 0) is 43.7 Å². The van der Waals surface area contributed by atoms with Crippen molar-refractivity contribution in [1.82, 2.24) is 4.57 Å². The van der Waals surface area contributed by atoms with Gasteiger partial charge in [-0.25, -0.2) is 4.79 Å². The smallest absolute Gasteiger partial charge is 0.339 e. The molecule has 7 nitrogen and oxygen atoms in total. The van der Waals surface area contributed by atoms with E-state index in [4.69, 9.17) is 9.15 Å². The van der Waals surface area contributed by atoms with E-state index in [1.54, 1.807) is 43.6 Å². The quantitative estimate of drug-likeness (QED) is 0.458. The lowest BCUT2D eigenvalue weighted by molar-refractivity contribution is 0.0602. The molecule has 4 rings (SSSR count). The predicted octanol–water partition coefficient (Wildman–Crippen LogP) is 4.43. The second-order valence-corrected chi connectivity index (χ2v) is 7.98. The topological polar surface area (TPSA) is 90.5 Å². The average Bonchev–Trinajstić information content (AvgIpc) is 2.80. The molecule has 33 heavy (non-hydrogen) atoms. The van der Waals surface area contributed by atoms with Gasteiger partial charge in [0.05, 0.1) is 24.1 Å². The van der Waals surface area contributed by atoms with Gasteiger partial charge in [0.2, 0.25) is 5.56 Å². The number of nitrogens with zero attached hydrogens (tertiary/aromatic N) is 1. The summed E-state index contributed by atoms with van der Waals surface area (Å²) in [5, 5.41) is 3.81. The van der Waals surface area contributed by atoms with E-state index in [0.29, 0.717) is 33.5 Å². The van der Waals surface area contributed by atoms with Gasteiger partial charge in [-0.1, -0.05) is 18.2 Å². The van der Waals surface area contributed by atoms with E-state index in [1.165, 1.54) is 23.8 Å². The van der Waals surface area contributed by atoms with Crippen molar-refractivity contribution in [2.75, 3.05) is 12.4 Å². The molecular weight excluding hydrogens is 420 g/mol. The SMILES string of the molecule is COC(=O)c1ccccc1NC(C)c1cc(C)cc2c(=O)cc(-c3ccc(=O)n(C)c3)oc12. The van der Waals surface area contributed by atoms with Gasteiger partial charge in [-0.2, -0.15) is 0 Å². The number of ether oxygens (including phenoxy) is 1. The molecule has 0 amide bonds. The van der Waals surface area contributed by atoms with Crippen LogP contribution in [-0.4, -0.2) is 17.6 Å². The van der Waals surface area contributed by atoms with E-state index in [2.05, 4.69) is 5.32 Å². The largest absolute Gasteiger partial charge is 0.465 e. The number of carbonyl (C=O) groups excluding carboxylic acids is 1. The van der Waals surface area contributed by atoms with Crippen LogP contribution in [0.15, 0.2) is 74.8 Å². The predicted molar refractivity (Wildman–Crippen MR) is 128 cm³/mol. The molecule has 1 atom stereocenters. The first-order valence-electron chi connectivity index (χ1n) is 10.5. The Morgan fingerprint density at radius 1 is 1.09 bits per heavy atom. The Bertz CT molecular complexity index is 1480. The maximum absolute atomic E-state index is 13.0. The number of hydrogen-bond donors (Lipinski definition) is 1. The van der Waals surface area contributed by atoms with Crippen molar-refractivity contribution >= 4 is 22.6 Å². The molecule has 168 valence electrons. The molecule has 2 aromatic carbocycles. The van der Waals surface area contributed by atoms with Crippen molar-refractivity contribution in [1.29, 1.82) is 0 Å². The van der Waals surface area contributed by atoms with Gasteiger partial charge in [-0.15, -0.1) is 0 Å². The fraction of sp³-hybridized carbons (Fsp3) is 0.192. The average molecular weight is 444 g/mol. The molecule has 0 aliphatic rings. The zero-order valence-electron chi connectivity index (χ0n) is 18.8. The molecule has 0 radical (unpaired) electrons. The van der Waals surface area contributed by atoms with Crippen molar-refractivity contribution in [2.45, 2.75) is 19.9 Å². The highest BCUT2D eigenvalue weighted by atomic mass is 16.5. The molecule has 0 aliphatic carbocycles. The second kappa shape index (κ2) is 8.78.